The second-order valence-corrected chi connectivity index (χ2v) is 6.03. The van der Waals surface area contributed by atoms with Crippen molar-refractivity contribution in [1.82, 2.24) is 14.7 Å². The SMILES string of the molecule is CC1CC(N2CCN(CCC(=O)O)CC2)CCN1C. The summed E-state index contributed by atoms with van der Waals surface area (Å²) in [4.78, 5) is 17.9. The number of carboxylic acids is 1. The minimum atomic E-state index is -0.688. The van der Waals surface area contributed by atoms with Gasteiger partial charge in [0.15, 0.2) is 0 Å². The van der Waals surface area contributed by atoms with Crippen molar-refractivity contribution in [3.63, 3.8) is 0 Å². The fourth-order valence-corrected chi connectivity index (χ4v) is 3.20. The Morgan fingerprint density at radius 3 is 2.47 bits per heavy atom. The Kier molecular flexibility index (Phi) is 5.19. The first-order chi connectivity index (χ1) is 9.06. The van der Waals surface area contributed by atoms with E-state index in [1.54, 1.807) is 0 Å². The number of hydrogen-bond donors (Lipinski definition) is 1. The Bertz CT molecular complexity index is 303. The number of rotatable bonds is 4. The Morgan fingerprint density at radius 2 is 1.89 bits per heavy atom. The normalized spacial score (nSPS) is 31.5. The monoisotopic (exact) mass is 269 g/mol. The van der Waals surface area contributed by atoms with Crippen molar-refractivity contribution in [2.75, 3.05) is 46.3 Å². The highest BCUT2D eigenvalue weighted by atomic mass is 16.4. The number of carboxylic acid groups (broad SMARTS) is 1. The van der Waals surface area contributed by atoms with Gasteiger partial charge in [-0.15, -0.1) is 0 Å². The number of piperazine rings is 1. The van der Waals surface area contributed by atoms with Gasteiger partial charge in [-0.25, -0.2) is 0 Å². The number of nitrogens with zero attached hydrogens (tertiary/aromatic N) is 3. The first kappa shape index (κ1) is 14.8. The first-order valence-electron chi connectivity index (χ1n) is 7.44. The van der Waals surface area contributed by atoms with E-state index < -0.39 is 5.97 Å². The van der Waals surface area contributed by atoms with Gasteiger partial charge in [-0.3, -0.25) is 9.69 Å². The molecule has 2 aliphatic rings. The molecule has 0 amide bonds. The van der Waals surface area contributed by atoms with Crippen LogP contribution in [0, 0.1) is 0 Å². The maximum atomic E-state index is 10.6. The van der Waals surface area contributed by atoms with E-state index >= 15 is 0 Å². The van der Waals surface area contributed by atoms with Gasteiger partial charge in [0.05, 0.1) is 6.42 Å². The van der Waals surface area contributed by atoms with Gasteiger partial charge in [0, 0.05) is 44.8 Å². The summed E-state index contributed by atoms with van der Waals surface area (Å²) in [6.45, 7) is 8.46. The van der Waals surface area contributed by atoms with Gasteiger partial charge in [0.2, 0.25) is 0 Å². The molecule has 110 valence electrons. The maximum absolute atomic E-state index is 10.6. The van der Waals surface area contributed by atoms with E-state index in [2.05, 4.69) is 28.7 Å². The van der Waals surface area contributed by atoms with E-state index in [1.807, 2.05) is 0 Å². The smallest absolute Gasteiger partial charge is 0.304 e. The highest BCUT2D eigenvalue weighted by molar-refractivity contribution is 5.66. The molecule has 2 aliphatic heterocycles. The molecule has 5 nitrogen and oxygen atoms in total. The van der Waals surface area contributed by atoms with Crippen LogP contribution in [0.2, 0.25) is 0 Å². The second kappa shape index (κ2) is 6.68. The fourth-order valence-electron chi connectivity index (χ4n) is 3.20. The molecule has 5 heteroatoms. The summed E-state index contributed by atoms with van der Waals surface area (Å²) >= 11 is 0. The molecular formula is C14H27N3O2. The summed E-state index contributed by atoms with van der Waals surface area (Å²) in [5, 5.41) is 8.71. The van der Waals surface area contributed by atoms with Crippen molar-refractivity contribution in [3.05, 3.63) is 0 Å². The maximum Gasteiger partial charge on any atom is 0.304 e. The van der Waals surface area contributed by atoms with E-state index in [-0.39, 0.29) is 6.42 Å². The van der Waals surface area contributed by atoms with Gasteiger partial charge in [-0.1, -0.05) is 0 Å². The summed E-state index contributed by atoms with van der Waals surface area (Å²) in [5.41, 5.74) is 0. The highest BCUT2D eigenvalue weighted by Crippen LogP contribution is 2.21. The Balaban J connectivity index is 1.72. The average Bonchev–Trinajstić information content (AvgIpc) is 2.40. The lowest BCUT2D eigenvalue weighted by Gasteiger charge is -2.44. The van der Waals surface area contributed by atoms with E-state index in [1.165, 1.54) is 19.4 Å². The minimum absolute atomic E-state index is 0.269. The topological polar surface area (TPSA) is 47.0 Å². The number of carbonyl (C=O) groups is 1. The third-order valence-corrected chi connectivity index (χ3v) is 4.75. The average molecular weight is 269 g/mol. The zero-order valence-corrected chi connectivity index (χ0v) is 12.2. The van der Waals surface area contributed by atoms with Crippen molar-refractivity contribution < 1.29 is 9.90 Å². The number of aliphatic carboxylic acids is 1. The number of likely N-dealkylation sites (tertiary alicyclic amines) is 1. The summed E-state index contributed by atoms with van der Waals surface area (Å²) in [5.74, 6) is -0.688. The van der Waals surface area contributed by atoms with Gasteiger partial charge in [0.1, 0.15) is 0 Å². The molecule has 2 atom stereocenters. The summed E-state index contributed by atoms with van der Waals surface area (Å²) in [6, 6.07) is 1.41. The minimum Gasteiger partial charge on any atom is -0.481 e. The lowest BCUT2D eigenvalue weighted by Crippen LogP contribution is -2.54. The lowest BCUT2D eigenvalue weighted by atomic mass is 9.97. The van der Waals surface area contributed by atoms with Crippen LogP contribution in [0.25, 0.3) is 0 Å². The van der Waals surface area contributed by atoms with Crippen molar-refractivity contribution >= 4 is 5.97 Å². The zero-order chi connectivity index (χ0) is 13.8. The third kappa shape index (κ3) is 4.16. The van der Waals surface area contributed by atoms with Crippen molar-refractivity contribution in [2.45, 2.75) is 38.3 Å². The van der Waals surface area contributed by atoms with E-state index in [4.69, 9.17) is 5.11 Å². The molecule has 0 aromatic rings. The molecule has 0 aromatic carbocycles. The third-order valence-electron chi connectivity index (χ3n) is 4.75. The molecule has 0 saturated carbocycles. The molecule has 2 fully saturated rings. The summed E-state index contributed by atoms with van der Waals surface area (Å²) < 4.78 is 0. The van der Waals surface area contributed by atoms with Crippen LogP contribution in [0.4, 0.5) is 0 Å². The Morgan fingerprint density at radius 1 is 1.21 bits per heavy atom. The van der Waals surface area contributed by atoms with Crippen LogP contribution in [0.1, 0.15) is 26.2 Å². The molecule has 2 saturated heterocycles. The first-order valence-corrected chi connectivity index (χ1v) is 7.44. The van der Waals surface area contributed by atoms with Crippen molar-refractivity contribution in [3.8, 4) is 0 Å². The lowest BCUT2D eigenvalue weighted by molar-refractivity contribution is -0.137. The molecule has 1 N–H and O–H groups in total. The number of piperidine rings is 1. The molecule has 0 bridgehead atoms. The van der Waals surface area contributed by atoms with E-state index in [0.717, 1.165) is 32.2 Å². The molecule has 0 radical (unpaired) electrons. The Labute approximate surface area is 116 Å². The van der Waals surface area contributed by atoms with Gasteiger partial charge in [-0.05, 0) is 33.4 Å². The Hall–Kier alpha value is -0.650. The summed E-state index contributed by atoms with van der Waals surface area (Å²) in [6.07, 6.45) is 2.81. The predicted molar refractivity (Wildman–Crippen MR) is 75.4 cm³/mol. The molecule has 2 rings (SSSR count). The van der Waals surface area contributed by atoms with Crippen LogP contribution in [-0.4, -0.2) is 84.2 Å². The highest BCUT2D eigenvalue weighted by Gasteiger charge is 2.29. The molecule has 0 spiro atoms. The largest absolute Gasteiger partial charge is 0.481 e. The van der Waals surface area contributed by atoms with Crippen molar-refractivity contribution in [2.24, 2.45) is 0 Å². The molecular weight excluding hydrogens is 242 g/mol. The zero-order valence-electron chi connectivity index (χ0n) is 12.2. The van der Waals surface area contributed by atoms with Crippen LogP contribution < -0.4 is 0 Å². The van der Waals surface area contributed by atoms with Gasteiger partial charge >= 0.3 is 5.97 Å². The second-order valence-electron chi connectivity index (χ2n) is 6.03. The van der Waals surface area contributed by atoms with Gasteiger partial charge in [0.25, 0.3) is 0 Å². The molecule has 0 aromatic heterocycles. The van der Waals surface area contributed by atoms with Gasteiger partial charge < -0.3 is 14.9 Å². The van der Waals surface area contributed by atoms with Crippen LogP contribution in [0.15, 0.2) is 0 Å². The predicted octanol–water partition coefficient (Wildman–Crippen LogP) is 0.561. The van der Waals surface area contributed by atoms with Crippen LogP contribution in [0.5, 0.6) is 0 Å². The molecule has 19 heavy (non-hydrogen) atoms. The quantitative estimate of drug-likeness (QED) is 0.808. The molecule has 2 unspecified atom stereocenters. The van der Waals surface area contributed by atoms with Gasteiger partial charge in [-0.2, -0.15) is 0 Å². The van der Waals surface area contributed by atoms with Crippen molar-refractivity contribution in [1.29, 1.82) is 0 Å². The standard InChI is InChI=1S/C14H27N3O2/c1-12-11-13(3-5-15(12)2)17-9-7-16(8-10-17)6-4-14(18)19/h12-13H,3-11H2,1-2H3,(H,18,19). The van der Waals surface area contributed by atoms with Crippen LogP contribution in [-0.2, 0) is 4.79 Å². The molecule has 0 aliphatic carbocycles. The van der Waals surface area contributed by atoms with Crippen LogP contribution in [0.3, 0.4) is 0 Å². The van der Waals surface area contributed by atoms with E-state index in [0.29, 0.717) is 12.6 Å². The van der Waals surface area contributed by atoms with E-state index in [9.17, 15) is 4.79 Å². The number of hydrogen-bond acceptors (Lipinski definition) is 4. The van der Waals surface area contributed by atoms with Crippen LogP contribution >= 0.6 is 0 Å². The summed E-state index contributed by atoms with van der Waals surface area (Å²) in [7, 11) is 2.21. The fraction of sp³-hybridized carbons (Fsp3) is 0.929. The molecule has 2 heterocycles.